The van der Waals surface area contributed by atoms with Gasteiger partial charge in [0.15, 0.2) is 0 Å². The Balaban J connectivity index is 1.68. The van der Waals surface area contributed by atoms with E-state index in [0.717, 1.165) is 25.9 Å². The van der Waals surface area contributed by atoms with Crippen LogP contribution in [0.4, 0.5) is 14.9 Å². The van der Waals surface area contributed by atoms with E-state index in [1.54, 1.807) is 0 Å². The van der Waals surface area contributed by atoms with E-state index < -0.39 is 11.7 Å². The zero-order valence-corrected chi connectivity index (χ0v) is 12.9. The molecule has 6 nitrogen and oxygen atoms in total. The molecule has 0 bridgehead atoms. The van der Waals surface area contributed by atoms with Crippen LogP contribution in [0.25, 0.3) is 0 Å². The number of halogens is 1. The van der Waals surface area contributed by atoms with Crippen molar-refractivity contribution in [2.24, 2.45) is 5.92 Å². The standard InChI is InChI=1S/C16H21FN4O2/c17-14-4-3-12(21-7-6-19-16(21)23)8-13(14)15(22)20-10-11-2-1-5-18-9-11/h3-4,8,11,18H,1-2,5-7,9-10H2,(H,19,23)(H,20,22). The van der Waals surface area contributed by atoms with Crippen molar-refractivity contribution in [2.75, 3.05) is 37.6 Å². The van der Waals surface area contributed by atoms with Gasteiger partial charge < -0.3 is 16.0 Å². The van der Waals surface area contributed by atoms with Crippen molar-refractivity contribution in [3.8, 4) is 0 Å². The highest BCUT2D eigenvalue weighted by Crippen LogP contribution is 2.20. The first-order valence-corrected chi connectivity index (χ1v) is 7.99. The molecule has 1 atom stereocenters. The van der Waals surface area contributed by atoms with Crippen LogP contribution in [-0.4, -0.2) is 44.7 Å². The first-order chi connectivity index (χ1) is 11.1. The molecule has 3 rings (SSSR count). The number of hydrogen-bond donors (Lipinski definition) is 3. The molecule has 2 fully saturated rings. The quantitative estimate of drug-likeness (QED) is 0.777. The molecule has 0 aliphatic carbocycles. The van der Waals surface area contributed by atoms with Crippen molar-refractivity contribution >= 4 is 17.6 Å². The molecule has 1 unspecified atom stereocenters. The Morgan fingerprint density at radius 2 is 2.26 bits per heavy atom. The van der Waals surface area contributed by atoms with Gasteiger partial charge in [-0.25, -0.2) is 9.18 Å². The summed E-state index contributed by atoms with van der Waals surface area (Å²) in [7, 11) is 0. The number of piperidine rings is 1. The number of hydrogen-bond acceptors (Lipinski definition) is 3. The number of carbonyl (C=O) groups is 2. The van der Waals surface area contributed by atoms with Crippen LogP contribution in [0.3, 0.4) is 0 Å². The summed E-state index contributed by atoms with van der Waals surface area (Å²) in [5.41, 5.74) is 0.511. The topological polar surface area (TPSA) is 73.5 Å². The van der Waals surface area contributed by atoms with Gasteiger partial charge in [-0.2, -0.15) is 0 Å². The van der Waals surface area contributed by atoms with E-state index in [9.17, 15) is 14.0 Å². The van der Waals surface area contributed by atoms with Gasteiger partial charge in [-0.1, -0.05) is 0 Å². The van der Waals surface area contributed by atoms with Crippen molar-refractivity contribution in [1.82, 2.24) is 16.0 Å². The number of carbonyl (C=O) groups excluding carboxylic acids is 2. The van der Waals surface area contributed by atoms with E-state index in [1.807, 2.05) is 0 Å². The van der Waals surface area contributed by atoms with Gasteiger partial charge in [-0.15, -0.1) is 0 Å². The summed E-state index contributed by atoms with van der Waals surface area (Å²) in [6.07, 6.45) is 2.15. The number of nitrogens with one attached hydrogen (secondary N) is 3. The molecule has 0 radical (unpaired) electrons. The second-order valence-corrected chi connectivity index (χ2v) is 5.97. The second kappa shape index (κ2) is 6.95. The third-order valence-corrected chi connectivity index (χ3v) is 4.31. The molecule has 2 aliphatic heterocycles. The lowest BCUT2D eigenvalue weighted by atomic mass is 9.99. The highest BCUT2D eigenvalue weighted by Gasteiger charge is 2.23. The summed E-state index contributed by atoms with van der Waals surface area (Å²) in [4.78, 5) is 25.5. The predicted octanol–water partition coefficient (Wildman–Crippen LogP) is 1.08. The molecule has 0 saturated carbocycles. The van der Waals surface area contributed by atoms with E-state index in [-0.39, 0.29) is 11.6 Å². The Kier molecular flexibility index (Phi) is 4.76. The molecular weight excluding hydrogens is 299 g/mol. The zero-order valence-electron chi connectivity index (χ0n) is 12.9. The van der Waals surface area contributed by atoms with Crippen LogP contribution in [0.1, 0.15) is 23.2 Å². The van der Waals surface area contributed by atoms with Crippen molar-refractivity contribution in [3.63, 3.8) is 0 Å². The molecule has 0 aromatic heterocycles. The van der Waals surface area contributed by atoms with Crippen LogP contribution in [0.15, 0.2) is 18.2 Å². The molecule has 1 aromatic rings. The van der Waals surface area contributed by atoms with Crippen molar-refractivity contribution in [2.45, 2.75) is 12.8 Å². The van der Waals surface area contributed by atoms with Crippen LogP contribution in [0, 0.1) is 11.7 Å². The van der Waals surface area contributed by atoms with Gasteiger partial charge in [0.25, 0.3) is 5.91 Å². The van der Waals surface area contributed by atoms with Crippen LogP contribution in [0.5, 0.6) is 0 Å². The van der Waals surface area contributed by atoms with Gasteiger partial charge in [0, 0.05) is 25.3 Å². The molecule has 0 spiro atoms. The summed E-state index contributed by atoms with van der Waals surface area (Å²) in [5, 5.41) is 8.77. The summed E-state index contributed by atoms with van der Waals surface area (Å²) in [5.74, 6) is -0.634. The number of anilines is 1. The lowest BCUT2D eigenvalue weighted by Crippen LogP contribution is -2.38. The van der Waals surface area contributed by atoms with Gasteiger partial charge in [-0.3, -0.25) is 9.69 Å². The maximum atomic E-state index is 14.0. The number of urea groups is 1. The molecule has 3 amide bonds. The van der Waals surface area contributed by atoms with E-state index in [2.05, 4.69) is 16.0 Å². The minimum atomic E-state index is -0.576. The highest BCUT2D eigenvalue weighted by atomic mass is 19.1. The Hall–Kier alpha value is -2.15. The second-order valence-electron chi connectivity index (χ2n) is 5.97. The molecule has 7 heteroatoms. The summed E-state index contributed by atoms with van der Waals surface area (Å²) in [6.45, 7) is 3.47. The molecule has 3 N–H and O–H groups in total. The maximum Gasteiger partial charge on any atom is 0.321 e. The van der Waals surface area contributed by atoms with Gasteiger partial charge in [0.1, 0.15) is 5.82 Å². The Bertz CT molecular complexity index is 602. The highest BCUT2D eigenvalue weighted by molar-refractivity contribution is 5.98. The molecule has 124 valence electrons. The molecular formula is C16H21FN4O2. The third kappa shape index (κ3) is 3.61. The molecule has 23 heavy (non-hydrogen) atoms. The van der Waals surface area contributed by atoms with Crippen molar-refractivity contribution < 1.29 is 14.0 Å². The third-order valence-electron chi connectivity index (χ3n) is 4.31. The fourth-order valence-corrected chi connectivity index (χ4v) is 3.00. The minimum Gasteiger partial charge on any atom is -0.352 e. The summed E-state index contributed by atoms with van der Waals surface area (Å²) in [6, 6.07) is 3.96. The maximum absolute atomic E-state index is 14.0. The largest absolute Gasteiger partial charge is 0.352 e. The number of benzene rings is 1. The van der Waals surface area contributed by atoms with E-state index in [0.29, 0.717) is 31.2 Å². The fourth-order valence-electron chi connectivity index (χ4n) is 3.00. The average Bonchev–Trinajstić information content (AvgIpc) is 3.00. The van der Waals surface area contributed by atoms with Crippen LogP contribution in [0.2, 0.25) is 0 Å². The Morgan fingerprint density at radius 1 is 1.39 bits per heavy atom. The van der Waals surface area contributed by atoms with Gasteiger partial charge in [0.05, 0.1) is 5.56 Å². The number of nitrogens with zero attached hydrogens (tertiary/aromatic N) is 1. The molecule has 2 saturated heterocycles. The van der Waals surface area contributed by atoms with Crippen LogP contribution in [-0.2, 0) is 0 Å². The van der Waals surface area contributed by atoms with Crippen LogP contribution >= 0.6 is 0 Å². The normalized spacial score (nSPS) is 21.2. The molecule has 2 aliphatic rings. The summed E-state index contributed by atoms with van der Waals surface area (Å²) >= 11 is 0. The first-order valence-electron chi connectivity index (χ1n) is 7.99. The molecule has 1 aromatic carbocycles. The van der Waals surface area contributed by atoms with Gasteiger partial charge >= 0.3 is 6.03 Å². The van der Waals surface area contributed by atoms with Crippen molar-refractivity contribution in [3.05, 3.63) is 29.6 Å². The fraction of sp³-hybridized carbons (Fsp3) is 0.500. The minimum absolute atomic E-state index is 0.0223. The lowest BCUT2D eigenvalue weighted by Gasteiger charge is -2.23. The van der Waals surface area contributed by atoms with E-state index in [4.69, 9.17) is 0 Å². The zero-order chi connectivity index (χ0) is 16.2. The SMILES string of the molecule is O=C(NCC1CCCNC1)c1cc(N2CCNC2=O)ccc1F. The van der Waals surface area contributed by atoms with Gasteiger partial charge in [0.2, 0.25) is 0 Å². The van der Waals surface area contributed by atoms with Crippen molar-refractivity contribution in [1.29, 1.82) is 0 Å². The smallest absolute Gasteiger partial charge is 0.321 e. The van der Waals surface area contributed by atoms with Crippen LogP contribution < -0.4 is 20.9 Å². The predicted molar refractivity (Wildman–Crippen MR) is 85.1 cm³/mol. The summed E-state index contributed by atoms with van der Waals surface area (Å²) < 4.78 is 14.0. The van der Waals surface area contributed by atoms with Gasteiger partial charge in [-0.05, 0) is 50.0 Å². The number of rotatable bonds is 4. The van der Waals surface area contributed by atoms with E-state index >= 15 is 0 Å². The number of amides is 3. The average molecular weight is 320 g/mol. The lowest BCUT2D eigenvalue weighted by molar-refractivity contribution is 0.0940. The monoisotopic (exact) mass is 320 g/mol. The Morgan fingerprint density at radius 3 is 2.96 bits per heavy atom. The Labute approximate surface area is 134 Å². The molecule has 2 heterocycles. The van der Waals surface area contributed by atoms with E-state index in [1.165, 1.54) is 23.1 Å². The first kappa shape index (κ1) is 15.7.